The molecule has 8 heteroatoms. The van der Waals surface area contributed by atoms with Crippen molar-refractivity contribution in [2.24, 2.45) is 18.9 Å². The van der Waals surface area contributed by atoms with Gasteiger partial charge in [-0.25, -0.2) is 8.42 Å². The normalized spacial score (nSPS) is 25.0. The maximum Gasteiger partial charge on any atom is 0.256 e. The molecule has 180 valence electrons. The lowest BCUT2D eigenvalue weighted by Crippen LogP contribution is -2.45. The number of benzene rings is 1. The third-order valence-electron chi connectivity index (χ3n) is 7.63. The zero-order valence-corrected chi connectivity index (χ0v) is 20.7. The maximum atomic E-state index is 13.3. The Kier molecular flexibility index (Phi) is 6.96. The van der Waals surface area contributed by atoms with E-state index in [2.05, 4.69) is 19.2 Å². The zero-order chi connectivity index (χ0) is 23.8. The molecular weight excluding hydrogens is 438 g/mol. The summed E-state index contributed by atoms with van der Waals surface area (Å²) in [5.74, 6) is 0.483. The monoisotopic (exact) mass is 473 g/mol. The number of pyridine rings is 1. The summed E-state index contributed by atoms with van der Waals surface area (Å²) < 4.78 is 29.8. The van der Waals surface area contributed by atoms with Crippen LogP contribution in [0.25, 0.3) is 10.9 Å². The van der Waals surface area contributed by atoms with Gasteiger partial charge in [-0.1, -0.05) is 39.5 Å². The Hall–Kier alpha value is -2.19. The lowest BCUT2D eigenvalue weighted by atomic mass is 9.78. The first kappa shape index (κ1) is 24.0. The molecule has 2 fully saturated rings. The number of fused-ring (bicyclic) bond motifs is 1. The van der Waals surface area contributed by atoms with Crippen molar-refractivity contribution in [3.05, 3.63) is 40.2 Å². The molecule has 2 aromatic rings. The number of carbonyl (C=O) groups is 1. The molecule has 0 unspecified atom stereocenters. The largest absolute Gasteiger partial charge is 0.350 e. The fourth-order valence-electron chi connectivity index (χ4n) is 5.26. The SMILES string of the molecule is C[C@H]1[C@H](C)CCC[C@H]1NC(=O)c1cn(C)c2ccc(S(=O)(=O)N3CCCCCC3)cc2c1=O. The molecule has 0 bridgehead atoms. The lowest BCUT2D eigenvalue weighted by molar-refractivity contribution is 0.0889. The van der Waals surface area contributed by atoms with E-state index in [9.17, 15) is 18.0 Å². The summed E-state index contributed by atoms with van der Waals surface area (Å²) in [6.45, 7) is 5.34. The van der Waals surface area contributed by atoms with Crippen molar-refractivity contribution < 1.29 is 13.2 Å². The number of amides is 1. The first-order valence-electron chi connectivity index (χ1n) is 12.1. The average molecular weight is 474 g/mol. The quantitative estimate of drug-likeness (QED) is 0.734. The molecule has 1 N–H and O–H groups in total. The summed E-state index contributed by atoms with van der Waals surface area (Å²) in [6, 6.07) is 4.71. The summed E-state index contributed by atoms with van der Waals surface area (Å²) in [5.41, 5.74) is 0.232. The second-order valence-electron chi connectivity index (χ2n) is 9.83. The molecule has 1 amide bonds. The molecule has 1 aliphatic carbocycles. The Balaban J connectivity index is 1.69. The van der Waals surface area contributed by atoms with Crippen molar-refractivity contribution in [2.45, 2.75) is 69.7 Å². The van der Waals surface area contributed by atoms with Crippen molar-refractivity contribution in [1.82, 2.24) is 14.2 Å². The number of aromatic nitrogens is 1. The van der Waals surface area contributed by atoms with Gasteiger partial charge in [-0.05, 0) is 49.3 Å². The van der Waals surface area contributed by atoms with E-state index < -0.39 is 15.5 Å². The highest BCUT2D eigenvalue weighted by atomic mass is 32.2. The summed E-state index contributed by atoms with van der Waals surface area (Å²) in [6.07, 6.45) is 8.42. The highest BCUT2D eigenvalue weighted by molar-refractivity contribution is 7.89. The predicted octanol–water partition coefficient (Wildman–Crippen LogP) is 3.66. The van der Waals surface area contributed by atoms with Crippen LogP contribution in [0.3, 0.4) is 0 Å². The van der Waals surface area contributed by atoms with Crippen molar-refractivity contribution in [3.63, 3.8) is 0 Å². The Bertz CT molecular complexity index is 1200. The van der Waals surface area contributed by atoms with E-state index in [1.807, 2.05) is 0 Å². The Morgan fingerprint density at radius 3 is 2.42 bits per heavy atom. The van der Waals surface area contributed by atoms with E-state index in [1.54, 1.807) is 29.9 Å². The molecule has 1 aromatic heterocycles. The number of hydrogen-bond donors (Lipinski definition) is 1. The number of nitrogens with zero attached hydrogens (tertiary/aromatic N) is 2. The highest BCUT2D eigenvalue weighted by Crippen LogP contribution is 2.29. The molecular formula is C25H35N3O4S. The van der Waals surface area contributed by atoms with E-state index in [4.69, 9.17) is 0 Å². The van der Waals surface area contributed by atoms with Crippen LogP contribution in [-0.2, 0) is 17.1 Å². The third-order valence-corrected chi connectivity index (χ3v) is 9.53. The number of rotatable bonds is 4. The first-order chi connectivity index (χ1) is 15.7. The molecule has 0 spiro atoms. The predicted molar refractivity (Wildman–Crippen MR) is 130 cm³/mol. The molecule has 2 heterocycles. The van der Waals surface area contributed by atoms with Crippen LogP contribution in [0.2, 0.25) is 0 Å². The van der Waals surface area contributed by atoms with E-state index in [-0.39, 0.29) is 27.8 Å². The number of carbonyl (C=O) groups excluding carboxylic acids is 1. The summed E-state index contributed by atoms with van der Waals surface area (Å²) in [5, 5.41) is 3.33. The summed E-state index contributed by atoms with van der Waals surface area (Å²) >= 11 is 0. The van der Waals surface area contributed by atoms with Crippen LogP contribution < -0.4 is 10.7 Å². The fourth-order valence-corrected chi connectivity index (χ4v) is 6.80. The number of nitrogens with one attached hydrogen (secondary N) is 1. The van der Waals surface area contributed by atoms with Crippen molar-refractivity contribution >= 4 is 26.8 Å². The molecule has 1 saturated heterocycles. The van der Waals surface area contributed by atoms with Crippen LogP contribution in [0.5, 0.6) is 0 Å². The van der Waals surface area contributed by atoms with Crippen LogP contribution in [0, 0.1) is 11.8 Å². The van der Waals surface area contributed by atoms with Crippen molar-refractivity contribution in [2.75, 3.05) is 13.1 Å². The van der Waals surface area contributed by atoms with Crippen LogP contribution in [0.4, 0.5) is 0 Å². The van der Waals surface area contributed by atoms with Crippen molar-refractivity contribution in [1.29, 1.82) is 0 Å². The highest BCUT2D eigenvalue weighted by Gasteiger charge is 2.30. The fraction of sp³-hybridized carbons (Fsp3) is 0.600. The molecule has 33 heavy (non-hydrogen) atoms. The Morgan fingerprint density at radius 2 is 1.73 bits per heavy atom. The van der Waals surface area contributed by atoms with Crippen LogP contribution in [0.1, 0.15) is 69.2 Å². The molecule has 1 aliphatic heterocycles. The molecule has 1 aromatic carbocycles. The van der Waals surface area contributed by atoms with Gasteiger partial charge in [0.15, 0.2) is 0 Å². The number of aryl methyl sites for hydroxylation is 1. The van der Waals surface area contributed by atoms with Gasteiger partial charge in [-0.2, -0.15) is 4.31 Å². The third kappa shape index (κ3) is 4.73. The van der Waals surface area contributed by atoms with E-state index in [0.717, 1.165) is 44.9 Å². The van der Waals surface area contributed by atoms with Gasteiger partial charge in [-0.15, -0.1) is 0 Å². The maximum absolute atomic E-state index is 13.3. The smallest absolute Gasteiger partial charge is 0.256 e. The van der Waals surface area contributed by atoms with Gasteiger partial charge in [0.25, 0.3) is 5.91 Å². The number of hydrogen-bond acceptors (Lipinski definition) is 4. The Morgan fingerprint density at radius 1 is 1.03 bits per heavy atom. The second kappa shape index (κ2) is 9.58. The van der Waals surface area contributed by atoms with E-state index in [1.165, 1.54) is 10.4 Å². The minimum Gasteiger partial charge on any atom is -0.350 e. The molecule has 1 saturated carbocycles. The average Bonchev–Trinajstić information content (AvgIpc) is 3.09. The van der Waals surface area contributed by atoms with Gasteiger partial charge < -0.3 is 9.88 Å². The Labute approximate surface area is 196 Å². The van der Waals surface area contributed by atoms with E-state index >= 15 is 0 Å². The summed E-state index contributed by atoms with van der Waals surface area (Å²) in [4.78, 5) is 26.5. The minimum absolute atomic E-state index is 0.0383. The molecule has 7 nitrogen and oxygen atoms in total. The standard InChI is InChI=1S/C25H35N3O4S/c1-17-9-8-10-22(18(17)2)26-25(30)21-16-27(3)23-12-11-19(15-20(23)24(21)29)33(31,32)28-13-6-4-5-7-14-28/h11-12,15-18,22H,4-10,13-14H2,1-3H3,(H,26,30)/t17-,18+,22-/m1/s1. The van der Waals surface area contributed by atoms with Crippen LogP contribution in [-0.4, -0.2) is 42.3 Å². The van der Waals surface area contributed by atoms with Gasteiger partial charge in [0.2, 0.25) is 15.5 Å². The number of sulfonamides is 1. The molecule has 3 atom stereocenters. The van der Waals surface area contributed by atoms with Gasteiger partial charge in [0, 0.05) is 37.8 Å². The second-order valence-corrected chi connectivity index (χ2v) is 11.8. The van der Waals surface area contributed by atoms with Crippen LogP contribution >= 0.6 is 0 Å². The molecule has 2 aliphatic rings. The van der Waals surface area contributed by atoms with Gasteiger partial charge in [0.1, 0.15) is 5.56 Å². The van der Waals surface area contributed by atoms with Gasteiger partial charge >= 0.3 is 0 Å². The molecule has 4 rings (SSSR count). The van der Waals surface area contributed by atoms with Crippen LogP contribution in [0.15, 0.2) is 34.1 Å². The van der Waals surface area contributed by atoms with Gasteiger partial charge in [-0.3, -0.25) is 9.59 Å². The van der Waals surface area contributed by atoms with Gasteiger partial charge in [0.05, 0.1) is 10.4 Å². The molecule has 0 radical (unpaired) electrons. The summed E-state index contributed by atoms with van der Waals surface area (Å²) in [7, 11) is -1.92. The van der Waals surface area contributed by atoms with E-state index in [0.29, 0.717) is 30.4 Å². The lowest BCUT2D eigenvalue weighted by Gasteiger charge is -2.34. The minimum atomic E-state index is -3.69. The topological polar surface area (TPSA) is 88.5 Å². The zero-order valence-electron chi connectivity index (χ0n) is 19.8. The first-order valence-corrected chi connectivity index (χ1v) is 13.6. The van der Waals surface area contributed by atoms with Crippen molar-refractivity contribution in [3.8, 4) is 0 Å².